The summed E-state index contributed by atoms with van der Waals surface area (Å²) in [6.45, 7) is 0. The van der Waals surface area contributed by atoms with Gasteiger partial charge >= 0.3 is 0 Å². The van der Waals surface area contributed by atoms with Gasteiger partial charge in [-0.2, -0.15) is 0 Å². The van der Waals surface area contributed by atoms with Gasteiger partial charge in [-0.15, -0.1) is 0 Å². The molecule has 2 N–H and O–H groups in total. The maximum atomic E-state index is 13.6. The first-order chi connectivity index (χ1) is 8.45. The van der Waals surface area contributed by atoms with E-state index in [1.165, 1.54) is 13.2 Å². The van der Waals surface area contributed by atoms with Crippen LogP contribution in [0.2, 0.25) is 0 Å². The van der Waals surface area contributed by atoms with Crippen LogP contribution >= 0.6 is 0 Å². The summed E-state index contributed by atoms with van der Waals surface area (Å²) in [5, 5.41) is 0. The highest BCUT2D eigenvalue weighted by Crippen LogP contribution is 2.38. The summed E-state index contributed by atoms with van der Waals surface area (Å²) < 4.78 is 43.8. The summed E-state index contributed by atoms with van der Waals surface area (Å²) in [6, 6.07) is 2.13. The van der Waals surface area contributed by atoms with E-state index >= 15 is 0 Å². The molecule has 0 bridgehead atoms. The second-order valence-electron chi connectivity index (χ2n) is 4.86. The molecule has 1 saturated carbocycles. The Balaban J connectivity index is 2.24. The molecule has 0 unspecified atom stereocenters. The van der Waals surface area contributed by atoms with Crippen LogP contribution in [-0.2, 0) is 6.42 Å². The third kappa shape index (κ3) is 2.77. The van der Waals surface area contributed by atoms with Crippen LogP contribution in [0.1, 0.15) is 36.8 Å². The van der Waals surface area contributed by atoms with Crippen molar-refractivity contribution in [1.29, 1.82) is 0 Å². The van der Waals surface area contributed by atoms with Crippen molar-refractivity contribution in [2.24, 2.45) is 5.73 Å². The molecule has 2 nitrogen and oxygen atoms in total. The largest absolute Gasteiger partial charge is 0.493 e. The van der Waals surface area contributed by atoms with Crippen LogP contribution in [0.25, 0.3) is 0 Å². The SMILES string of the molecule is COc1c(F)cc(C(F)F)cc1CCC1(N)CC1. The lowest BCUT2D eigenvalue weighted by Crippen LogP contribution is -2.22. The molecule has 1 aromatic rings. The number of rotatable bonds is 5. The fourth-order valence-electron chi connectivity index (χ4n) is 2.01. The number of hydrogen-bond acceptors (Lipinski definition) is 2. The fraction of sp³-hybridized carbons (Fsp3) is 0.538. The predicted octanol–water partition coefficient (Wildman–Crippen LogP) is 3.20. The lowest BCUT2D eigenvalue weighted by atomic mass is 10.0. The van der Waals surface area contributed by atoms with Crippen LogP contribution in [0, 0.1) is 5.82 Å². The fourth-order valence-corrected chi connectivity index (χ4v) is 2.01. The average molecular weight is 259 g/mol. The number of alkyl halides is 2. The third-order valence-corrected chi connectivity index (χ3v) is 3.38. The number of hydrogen-bond donors (Lipinski definition) is 1. The second-order valence-corrected chi connectivity index (χ2v) is 4.86. The van der Waals surface area contributed by atoms with Gasteiger partial charge in [-0.3, -0.25) is 0 Å². The Kier molecular flexibility index (Phi) is 3.52. The Labute approximate surface area is 104 Å². The van der Waals surface area contributed by atoms with Crippen LogP contribution in [0.5, 0.6) is 5.75 Å². The molecule has 0 spiro atoms. The van der Waals surface area contributed by atoms with Gasteiger partial charge < -0.3 is 10.5 Å². The van der Waals surface area contributed by atoms with Crippen LogP contribution < -0.4 is 10.5 Å². The molecule has 0 amide bonds. The van der Waals surface area contributed by atoms with Crippen molar-refractivity contribution in [3.05, 3.63) is 29.1 Å². The number of methoxy groups -OCH3 is 1. The van der Waals surface area contributed by atoms with Crippen LogP contribution in [-0.4, -0.2) is 12.6 Å². The minimum absolute atomic E-state index is 0.0450. The molecule has 18 heavy (non-hydrogen) atoms. The predicted molar refractivity (Wildman–Crippen MR) is 62.4 cm³/mol. The summed E-state index contributed by atoms with van der Waals surface area (Å²) in [4.78, 5) is 0. The smallest absolute Gasteiger partial charge is 0.263 e. The van der Waals surface area contributed by atoms with Crippen molar-refractivity contribution in [2.75, 3.05) is 7.11 Å². The molecule has 1 aromatic carbocycles. The first kappa shape index (κ1) is 13.2. The van der Waals surface area contributed by atoms with E-state index in [0.29, 0.717) is 18.4 Å². The zero-order chi connectivity index (χ0) is 13.3. The first-order valence-corrected chi connectivity index (χ1v) is 5.88. The number of ether oxygens (including phenoxy) is 1. The lowest BCUT2D eigenvalue weighted by Gasteiger charge is -2.14. The highest BCUT2D eigenvalue weighted by Gasteiger charge is 2.37. The van der Waals surface area contributed by atoms with E-state index < -0.39 is 12.2 Å². The number of nitrogens with two attached hydrogens (primary N) is 1. The number of aryl methyl sites for hydroxylation is 1. The molecule has 100 valence electrons. The van der Waals surface area contributed by atoms with E-state index in [4.69, 9.17) is 10.5 Å². The summed E-state index contributed by atoms with van der Waals surface area (Å²) in [7, 11) is 1.33. The normalized spacial score (nSPS) is 17.0. The number of benzene rings is 1. The standard InChI is InChI=1S/C13H16F3NO/c1-18-11-8(2-3-13(17)4-5-13)6-9(12(15)16)7-10(11)14/h6-7,12H,2-5,17H2,1H3. The van der Waals surface area contributed by atoms with E-state index in [0.717, 1.165) is 18.9 Å². The van der Waals surface area contributed by atoms with Crippen molar-refractivity contribution in [1.82, 2.24) is 0 Å². The highest BCUT2D eigenvalue weighted by atomic mass is 19.3. The summed E-state index contributed by atoms with van der Waals surface area (Å²) >= 11 is 0. The van der Waals surface area contributed by atoms with Crippen molar-refractivity contribution in [3.63, 3.8) is 0 Å². The van der Waals surface area contributed by atoms with E-state index in [-0.39, 0.29) is 16.9 Å². The van der Waals surface area contributed by atoms with Gasteiger partial charge in [-0.1, -0.05) is 0 Å². The zero-order valence-electron chi connectivity index (χ0n) is 10.2. The van der Waals surface area contributed by atoms with E-state index in [9.17, 15) is 13.2 Å². The van der Waals surface area contributed by atoms with E-state index in [1.54, 1.807) is 0 Å². The Morgan fingerprint density at radius 1 is 1.39 bits per heavy atom. The molecule has 0 saturated heterocycles. The van der Waals surface area contributed by atoms with Crippen molar-refractivity contribution in [3.8, 4) is 5.75 Å². The van der Waals surface area contributed by atoms with E-state index in [1.807, 2.05) is 0 Å². The summed E-state index contributed by atoms with van der Waals surface area (Å²) in [5.74, 6) is -0.698. The molecule has 5 heteroatoms. The second kappa shape index (κ2) is 4.80. The van der Waals surface area contributed by atoms with Crippen LogP contribution in [0.3, 0.4) is 0 Å². The topological polar surface area (TPSA) is 35.2 Å². The molecule has 2 rings (SSSR count). The van der Waals surface area contributed by atoms with Gasteiger partial charge in [0.1, 0.15) is 0 Å². The van der Waals surface area contributed by atoms with Crippen molar-refractivity contribution in [2.45, 2.75) is 37.6 Å². The summed E-state index contributed by atoms with van der Waals surface area (Å²) in [6.07, 6.45) is 0.308. The molecule has 0 radical (unpaired) electrons. The Bertz CT molecular complexity index is 444. The van der Waals surface area contributed by atoms with Gasteiger partial charge in [0.15, 0.2) is 11.6 Å². The molecule has 0 aromatic heterocycles. The van der Waals surface area contributed by atoms with E-state index in [2.05, 4.69) is 0 Å². The van der Waals surface area contributed by atoms with Gasteiger partial charge in [-0.05, 0) is 43.4 Å². The van der Waals surface area contributed by atoms with Gasteiger partial charge in [-0.25, -0.2) is 13.2 Å². The number of halogens is 3. The van der Waals surface area contributed by atoms with Gasteiger partial charge in [0.05, 0.1) is 7.11 Å². The first-order valence-electron chi connectivity index (χ1n) is 5.88. The maximum Gasteiger partial charge on any atom is 0.263 e. The molecule has 0 heterocycles. The molecular formula is C13H16F3NO. The summed E-state index contributed by atoms with van der Waals surface area (Å²) in [5.41, 5.74) is 5.89. The molecule has 1 fully saturated rings. The maximum absolute atomic E-state index is 13.6. The Morgan fingerprint density at radius 2 is 2.06 bits per heavy atom. The lowest BCUT2D eigenvalue weighted by molar-refractivity contribution is 0.150. The van der Waals surface area contributed by atoms with Gasteiger partial charge in [0.2, 0.25) is 0 Å². The van der Waals surface area contributed by atoms with Crippen molar-refractivity contribution < 1.29 is 17.9 Å². The van der Waals surface area contributed by atoms with Crippen LogP contribution in [0.15, 0.2) is 12.1 Å². The quantitative estimate of drug-likeness (QED) is 0.881. The monoisotopic (exact) mass is 259 g/mol. The van der Waals surface area contributed by atoms with Gasteiger partial charge in [0.25, 0.3) is 6.43 Å². The van der Waals surface area contributed by atoms with Gasteiger partial charge in [0, 0.05) is 11.1 Å². The average Bonchev–Trinajstić information content (AvgIpc) is 3.04. The zero-order valence-corrected chi connectivity index (χ0v) is 10.2. The minimum atomic E-state index is -2.68. The minimum Gasteiger partial charge on any atom is -0.493 e. The molecule has 0 aliphatic heterocycles. The van der Waals surface area contributed by atoms with Crippen LogP contribution in [0.4, 0.5) is 13.2 Å². The molecule has 1 aliphatic rings. The highest BCUT2D eigenvalue weighted by molar-refractivity contribution is 5.39. The Morgan fingerprint density at radius 3 is 2.56 bits per heavy atom. The van der Waals surface area contributed by atoms with Crippen molar-refractivity contribution >= 4 is 0 Å². The third-order valence-electron chi connectivity index (χ3n) is 3.38. The molecular weight excluding hydrogens is 243 g/mol. The molecule has 0 atom stereocenters. The molecule has 1 aliphatic carbocycles. The Hall–Kier alpha value is -1.23.